The van der Waals surface area contributed by atoms with Crippen molar-refractivity contribution in [1.29, 1.82) is 0 Å². The summed E-state index contributed by atoms with van der Waals surface area (Å²) in [6.07, 6.45) is 1.84. The predicted molar refractivity (Wildman–Crippen MR) is 71.5 cm³/mol. The molecule has 88 valence electrons. The highest BCUT2D eigenvalue weighted by Gasteiger charge is 2.00. The van der Waals surface area contributed by atoms with E-state index in [2.05, 4.69) is 30.1 Å². The monoisotopic (exact) mass is 245 g/mol. The van der Waals surface area contributed by atoms with Crippen molar-refractivity contribution in [3.8, 4) is 5.75 Å². The molecule has 0 N–H and O–H groups in total. The average molecular weight is 245 g/mol. The SMILES string of the molecule is COc1ccc(CSc2ncccc2C)cc1. The highest BCUT2D eigenvalue weighted by Crippen LogP contribution is 2.24. The molecule has 0 saturated carbocycles. The smallest absolute Gasteiger partial charge is 0.118 e. The van der Waals surface area contributed by atoms with E-state index in [0.717, 1.165) is 16.5 Å². The van der Waals surface area contributed by atoms with Gasteiger partial charge < -0.3 is 4.74 Å². The number of aromatic nitrogens is 1. The van der Waals surface area contributed by atoms with Gasteiger partial charge in [0, 0.05) is 11.9 Å². The molecule has 0 bridgehead atoms. The number of nitrogens with zero attached hydrogens (tertiary/aromatic N) is 1. The Morgan fingerprint density at radius 2 is 1.94 bits per heavy atom. The van der Waals surface area contributed by atoms with E-state index in [0.29, 0.717) is 0 Å². The number of rotatable bonds is 4. The van der Waals surface area contributed by atoms with Crippen LogP contribution in [0.15, 0.2) is 47.6 Å². The van der Waals surface area contributed by atoms with Crippen molar-refractivity contribution in [1.82, 2.24) is 4.98 Å². The first kappa shape index (κ1) is 12.0. The van der Waals surface area contributed by atoms with Gasteiger partial charge in [-0.15, -0.1) is 11.8 Å². The second kappa shape index (κ2) is 5.73. The molecule has 0 aliphatic rings. The molecule has 3 heteroatoms. The van der Waals surface area contributed by atoms with Crippen LogP contribution in [0.3, 0.4) is 0 Å². The van der Waals surface area contributed by atoms with E-state index in [1.165, 1.54) is 11.1 Å². The first-order chi connectivity index (χ1) is 8.29. The normalized spacial score (nSPS) is 10.2. The molecule has 1 heterocycles. The first-order valence-electron chi connectivity index (χ1n) is 5.47. The van der Waals surface area contributed by atoms with Crippen LogP contribution in [-0.4, -0.2) is 12.1 Å². The fourth-order valence-electron chi connectivity index (χ4n) is 1.50. The summed E-state index contributed by atoms with van der Waals surface area (Å²) in [6.45, 7) is 2.09. The molecule has 0 radical (unpaired) electrons. The summed E-state index contributed by atoms with van der Waals surface area (Å²) < 4.78 is 5.13. The highest BCUT2D eigenvalue weighted by atomic mass is 32.2. The molecule has 17 heavy (non-hydrogen) atoms. The summed E-state index contributed by atoms with van der Waals surface area (Å²) in [7, 11) is 1.68. The maximum atomic E-state index is 5.13. The van der Waals surface area contributed by atoms with Gasteiger partial charge in [-0.05, 0) is 36.2 Å². The molecule has 1 aromatic heterocycles. The van der Waals surface area contributed by atoms with Gasteiger partial charge in [-0.1, -0.05) is 18.2 Å². The molecule has 2 aromatic rings. The largest absolute Gasteiger partial charge is 0.497 e. The number of hydrogen-bond donors (Lipinski definition) is 0. The topological polar surface area (TPSA) is 22.1 Å². The van der Waals surface area contributed by atoms with E-state index in [1.807, 2.05) is 24.4 Å². The van der Waals surface area contributed by atoms with Gasteiger partial charge >= 0.3 is 0 Å². The predicted octanol–water partition coefficient (Wildman–Crippen LogP) is 3.69. The van der Waals surface area contributed by atoms with Gasteiger partial charge in [0.1, 0.15) is 5.75 Å². The Morgan fingerprint density at radius 1 is 1.18 bits per heavy atom. The Morgan fingerprint density at radius 3 is 2.59 bits per heavy atom. The highest BCUT2D eigenvalue weighted by molar-refractivity contribution is 7.98. The van der Waals surface area contributed by atoms with Crippen LogP contribution in [0, 0.1) is 6.92 Å². The Hall–Kier alpha value is -1.48. The fourth-order valence-corrected chi connectivity index (χ4v) is 2.42. The molecule has 1 aromatic carbocycles. The number of hydrogen-bond acceptors (Lipinski definition) is 3. The summed E-state index contributed by atoms with van der Waals surface area (Å²) in [5.74, 6) is 1.83. The second-order valence-corrected chi connectivity index (χ2v) is 4.73. The lowest BCUT2D eigenvalue weighted by molar-refractivity contribution is 0.414. The third-order valence-corrected chi connectivity index (χ3v) is 3.67. The summed E-state index contributed by atoms with van der Waals surface area (Å²) >= 11 is 1.76. The fraction of sp³-hybridized carbons (Fsp3) is 0.214. The lowest BCUT2D eigenvalue weighted by Crippen LogP contribution is -1.87. The van der Waals surface area contributed by atoms with E-state index >= 15 is 0 Å². The summed E-state index contributed by atoms with van der Waals surface area (Å²) in [5.41, 5.74) is 2.51. The van der Waals surface area contributed by atoms with Crippen LogP contribution in [0.4, 0.5) is 0 Å². The summed E-state index contributed by atoms with van der Waals surface area (Å²) in [4.78, 5) is 4.37. The molecule has 2 nitrogen and oxygen atoms in total. The molecule has 0 saturated heterocycles. The van der Waals surface area contributed by atoms with Gasteiger partial charge in [0.2, 0.25) is 0 Å². The van der Waals surface area contributed by atoms with Crippen molar-refractivity contribution in [3.63, 3.8) is 0 Å². The molecule has 0 atom stereocenters. The summed E-state index contributed by atoms with van der Waals surface area (Å²) in [6, 6.07) is 12.2. The maximum absolute atomic E-state index is 5.13. The van der Waals surface area contributed by atoms with Gasteiger partial charge in [0.05, 0.1) is 12.1 Å². The minimum Gasteiger partial charge on any atom is -0.497 e. The van der Waals surface area contributed by atoms with Crippen molar-refractivity contribution < 1.29 is 4.74 Å². The Kier molecular flexibility index (Phi) is 4.04. The minimum atomic E-state index is 0.896. The van der Waals surface area contributed by atoms with Gasteiger partial charge in [0.15, 0.2) is 0 Å². The van der Waals surface area contributed by atoms with E-state index in [1.54, 1.807) is 18.9 Å². The lowest BCUT2D eigenvalue weighted by Gasteiger charge is -2.05. The summed E-state index contributed by atoms with van der Waals surface area (Å²) in [5, 5.41) is 1.10. The zero-order valence-electron chi connectivity index (χ0n) is 10.0. The molecule has 0 unspecified atom stereocenters. The number of benzene rings is 1. The molecule has 0 aliphatic carbocycles. The first-order valence-corrected chi connectivity index (χ1v) is 6.45. The molecule has 0 spiro atoms. The van der Waals surface area contributed by atoms with Gasteiger partial charge in [0.25, 0.3) is 0 Å². The van der Waals surface area contributed by atoms with Gasteiger partial charge in [-0.2, -0.15) is 0 Å². The van der Waals surface area contributed by atoms with Crippen LogP contribution in [-0.2, 0) is 5.75 Å². The van der Waals surface area contributed by atoms with Crippen LogP contribution in [0.25, 0.3) is 0 Å². The van der Waals surface area contributed by atoms with Crippen LogP contribution >= 0.6 is 11.8 Å². The number of ether oxygens (including phenoxy) is 1. The molecular weight excluding hydrogens is 230 g/mol. The third-order valence-electron chi connectivity index (χ3n) is 2.50. The minimum absolute atomic E-state index is 0.896. The number of aryl methyl sites for hydroxylation is 1. The van der Waals surface area contributed by atoms with Crippen LogP contribution < -0.4 is 4.74 Å². The number of thioether (sulfide) groups is 1. The van der Waals surface area contributed by atoms with Crippen molar-refractivity contribution in [2.45, 2.75) is 17.7 Å². The zero-order chi connectivity index (χ0) is 12.1. The third kappa shape index (κ3) is 3.24. The Balaban J connectivity index is 2.00. The Labute approximate surface area is 106 Å². The number of pyridine rings is 1. The van der Waals surface area contributed by atoms with E-state index in [4.69, 9.17) is 4.74 Å². The van der Waals surface area contributed by atoms with E-state index in [-0.39, 0.29) is 0 Å². The maximum Gasteiger partial charge on any atom is 0.118 e. The second-order valence-electron chi connectivity index (χ2n) is 3.76. The van der Waals surface area contributed by atoms with Crippen molar-refractivity contribution >= 4 is 11.8 Å². The average Bonchev–Trinajstić information content (AvgIpc) is 2.38. The van der Waals surface area contributed by atoms with Crippen molar-refractivity contribution in [2.75, 3.05) is 7.11 Å². The molecule has 2 rings (SSSR count). The van der Waals surface area contributed by atoms with Crippen molar-refractivity contribution in [2.24, 2.45) is 0 Å². The molecule has 0 amide bonds. The molecular formula is C14H15NOS. The Bertz CT molecular complexity index is 482. The van der Waals surface area contributed by atoms with Crippen LogP contribution in [0.5, 0.6) is 5.75 Å². The van der Waals surface area contributed by atoms with Crippen molar-refractivity contribution in [3.05, 3.63) is 53.7 Å². The van der Waals surface area contributed by atoms with Crippen LogP contribution in [0.2, 0.25) is 0 Å². The molecule has 0 aliphatic heterocycles. The lowest BCUT2D eigenvalue weighted by atomic mass is 10.2. The quantitative estimate of drug-likeness (QED) is 0.767. The standard InChI is InChI=1S/C14H15NOS/c1-11-4-3-9-15-14(11)17-10-12-5-7-13(16-2)8-6-12/h3-9H,10H2,1-2H3. The van der Waals surface area contributed by atoms with E-state index < -0.39 is 0 Å². The van der Waals surface area contributed by atoms with Gasteiger partial charge in [-0.25, -0.2) is 4.98 Å². The van der Waals surface area contributed by atoms with E-state index in [9.17, 15) is 0 Å². The molecule has 0 fully saturated rings. The zero-order valence-corrected chi connectivity index (χ0v) is 10.8. The number of methoxy groups -OCH3 is 1. The van der Waals surface area contributed by atoms with Crippen LogP contribution in [0.1, 0.15) is 11.1 Å². The van der Waals surface area contributed by atoms with Gasteiger partial charge in [-0.3, -0.25) is 0 Å².